The Morgan fingerprint density at radius 1 is 1.00 bits per heavy atom. The van der Waals surface area contributed by atoms with Crippen LogP contribution in [-0.4, -0.2) is 24.4 Å². The first-order valence-corrected chi connectivity index (χ1v) is 5.90. The zero-order chi connectivity index (χ0) is 10.1. The minimum absolute atomic E-state index is 0.511. The Bertz CT molecular complexity index is 184. The summed E-state index contributed by atoms with van der Waals surface area (Å²) in [5.74, 6) is 0. The molecule has 2 aliphatic carbocycles. The fourth-order valence-electron chi connectivity index (χ4n) is 3.28. The molecule has 2 saturated carbocycles. The number of aliphatic hydroxyl groups is 1. The molecule has 0 aromatic carbocycles. The van der Waals surface area contributed by atoms with Gasteiger partial charge in [-0.2, -0.15) is 0 Å². The van der Waals surface area contributed by atoms with Gasteiger partial charge < -0.3 is 9.84 Å². The predicted octanol–water partition coefficient (Wildman–Crippen LogP) is 2.50. The van der Waals surface area contributed by atoms with Crippen LogP contribution in [0.3, 0.4) is 0 Å². The summed E-state index contributed by atoms with van der Waals surface area (Å²) in [6.45, 7) is 0.517. The van der Waals surface area contributed by atoms with E-state index >= 15 is 0 Å². The van der Waals surface area contributed by atoms with Crippen molar-refractivity contribution in [3.05, 3.63) is 0 Å². The zero-order valence-corrected chi connectivity index (χ0v) is 9.22. The van der Waals surface area contributed by atoms with Crippen molar-refractivity contribution < 1.29 is 9.84 Å². The molecule has 2 heteroatoms. The molecule has 0 bridgehead atoms. The number of hydrogen-bond acceptors (Lipinski definition) is 2. The third-order valence-electron chi connectivity index (χ3n) is 4.32. The fourth-order valence-corrected chi connectivity index (χ4v) is 3.28. The van der Waals surface area contributed by atoms with E-state index in [1.807, 2.05) is 0 Å². The second-order valence-corrected chi connectivity index (χ2v) is 5.36. The highest BCUT2D eigenvalue weighted by molar-refractivity contribution is 4.95. The standard InChI is InChI=1S/C12H22O2/c1-14-10-12(13)8-6-11(7-9-12)4-2-3-5-11/h13H,2-10H2,1H3. The molecule has 1 spiro atoms. The topological polar surface area (TPSA) is 29.5 Å². The average Bonchev–Trinajstić information content (AvgIpc) is 2.61. The van der Waals surface area contributed by atoms with Gasteiger partial charge in [-0.1, -0.05) is 12.8 Å². The van der Waals surface area contributed by atoms with Crippen molar-refractivity contribution in [3.63, 3.8) is 0 Å². The van der Waals surface area contributed by atoms with Crippen molar-refractivity contribution in [1.82, 2.24) is 0 Å². The van der Waals surface area contributed by atoms with Crippen LogP contribution in [0.15, 0.2) is 0 Å². The highest BCUT2D eigenvalue weighted by Crippen LogP contribution is 2.51. The maximum absolute atomic E-state index is 10.2. The molecule has 2 aliphatic rings. The van der Waals surface area contributed by atoms with Crippen LogP contribution in [0.1, 0.15) is 51.4 Å². The normalized spacial score (nSPS) is 29.6. The van der Waals surface area contributed by atoms with E-state index in [1.54, 1.807) is 7.11 Å². The molecule has 0 aliphatic heterocycles. The van der Waals surface area contributed by atoms with E-state index < -0.39 is 5.60 Å². The van der Waals surface area contributed by atoms with Crippen LogP contribution in [0.2, 0.25) is 0 Å². The van der Waals surface area contributed by atoms with Gasteiger partial charge >= 0.3 is 0 Å². The van der Waals surface area contributed by atoms with Gasteiger partial charge in [0, 0.05) is 7.11 Å². The summed E-state index contributed by atoms with van der Waals surface area (Å²) in [6.07, 6.45) is 9.93. The summed E-state index contributed by atoms with van der Waals surface area (Å²) in [7, 11) is 1.68. The molecule has 82 valence electrons. The van der Waals surface area contributed by atoms with Crippen LogP contribution in [0.5, 0.6) is 0 Å². The lowest BCUT2D eigenvalue weighted by Crippen LogP contribution is -2.41. The molecule has 14 heavy (non-hydrogen) atoms. The van der Waals surface area contributed by atoms with E-state index in [2.05, 4.69) is 0 Å². The molecule has 0 heterocycles. The smallest absolute Gasteiger partial charge is 0.0880 e. The van der Waals surface area contributed by atoms with Gasteiger partial charge in [-0.15, -0.1) is 0 Å². The molecule has 0 aromatic heterocycles. The second-order valence-electron chi connectivity index (χ2n) is 5.36. The van der Waals surface area contributed by atoms with Gasteiger partial charge in [0.1, 0.15) is 0 Å². The summed E-state index contributed by atoms with van der Waals surface area (Å²) >= 11 is 0. The largest absolute Gasteiger partial charge is 0.387 e. The molecular formula is C12H22O2. The predicted molar refractivity (Wildman–Crippen MR) is 56.2 cm³/mol. The lowest BCUT2D eigenvalue weighted by Gasteiger charge is -2.41. The summed E-state index contributed by atoms with van der Waals surface area (Å²) in [5.41, 5.74) is 0.0998. The van der Waals surface area contributed by atoms with Crippen LogP contribution >= 0.6 is 0 Å². The summed E-state index contributed by atoms with van der Waals surface area (Å²) in [5, 5.41) is 10.2. The first kappa shape index (κ1) is 10.4. The molecule has 0 amide bonds. The highest BCUT2D eigenvalue weighted by Gasteiger charge is 2.42. The van der Waals surface area contributed by atoms with Gasteiger partial charge in [0.05, 0.1) is 12.2 Å². The van der Waals surface area contributed by atoms with Gasteiger partial charge in [-0.25, -0.2) is 0 Å². The SMILES string of the molecule is COCC1(O)CCC2(CCCC2)CC1. The van der Waals surface area contributed by atoms with Crippen molar-refractivity contribution in [2.45, 2.75) is 57.0 Å². The van der Waals surface area contributed by atoms with Gasteiger partial charge in [0.15, 0.2) is 0 Å². The Morgan fingerprint density at radius 3 is 2.07 bits per heavy atom. The summed E-state index contributed by atoms with van der Waals surface area (Å²) < 4.78 is 5.09. The Morgan fingerprint density at radius 2 is 1.57 bits per heavy atom. The van der Waals surface area contributed by atoms with Crippen molar-refractivity contribution in [1.29, 1.82) is 0 Å². The Labute approximate surface area is 86.6 Å². The van der Waals surface area contributed by atoms with Crippen molar-refractivity contribution in [2.24, 2.45) is 5.41 Å². The Kier molecular flexibility index (Phi) is 2.85. The molecule has 0 radical (unpaired) electrons. The molecule has 0 atom stereocenters. The minimum atomic E-state index is -0.511. The molecule has 2 nitrogen and oxygen atoms in total. The first-order chi connectivity index (χ1) is 6.68. The van der Waals surface area contributed by atoms with Crippen LogP contribution in [0.4, 0.5) is 0 Å². The number of ether oxygens (including phenoxy) is 1. The molecule has 2 rings (SSSR count). The molecule has 1 N–H and O–H groups in total. The van der Waals surface area contributed by atoms with Crippen LogP contribution in [-0.2, 0) is 4.74 Å². The van der Waals surface area contributed by atoms with E-state index in [0.717, 1.165) is 12.8 Å². The molecule has 0 unspecified atom stereocenters. The molecular weight excluding hydrogens is 176 g/mol. The number of rotatable bonds is 2. The van der Waals surface area contributed by atoms with E-state index in [4.69, 9.17) is 4.74 Å². The maximum Gasteiger partial charge on any atom is 0.0880 e. The van der Waals surface area contributed by atoms with Gasteiger partial charge in [0.25, 0.3) is 0 Å². The zero-order valence-electron chi connectivity index (χ0n) is 9.22. The number of hydrogen-bond donors (Lipinski definition) is 1. The summed E-state index contributed by atoms with van der Waals surface area (Å²) in [6, 6.07) is 0. The Hall–Kier alpha value is -0.0800. The quantitative estimate of drug-likeness (QED) is 0.738. The van der Waals surface area contributed by atoms with Gasteiger partial charge in [-0.05, 0) is 43.9 Å². The third kappa shape index (κ3) is 1.96. The minimum Gasteiger partial charge on any atom is -0.387 e. The first-order valence-electron chi connectivity index (χ1n) is 5.90. The monoisotopic (exact) mass is 198 g/mol. The number of methoxy groups -OCH3 is 1. The molecule has 0 saturated heterocycles. The highest BCUT2D eigenvalue weighted by atomic mass is 16.5. The van der Waals surface area contributed by atoms with Gasteiger partial charge in [-0.3, -0.25) is 0 Å². The van der Waals surface area contributed by atoms with Crippen LogP contribution in [0.25, 0.3) is 0 Å². The van der Waals surface area contributed by atoms with Crippen LogP contribution in [0, 0.1) is 5.41 Å². The average molecular weight is 198 g/mol. The lowest BCUT2D eigenvalue weighted by molar-refractivity contribution is -0.0789. The molecule has 2 fully saturated rings. The second kappa shape index (κ2) is 3.82. The third-order valence-corrected chi connectivity index (χ3v) is 4.32. The van der Waals surface area contributed by atoms with Crippen LogP contribution < -0.4 is 0 Å². The van der Waals surface area contributed by atoms with Crippen molar-refractivity contribution >= 4 is 0 Å². The van der Waals surface area contributed by atoms with E-state index in [9.17, 15) is 5.11 Å². The summed E-state index contributed by atoms with van der Waals surface area (Å²) in [4.78, 5) is 0. The Balaban J connectivity index is 1.90. The van der Waals surface area contributed by atoms with Crippen molar-refractivity contribution in [3.8, 4) is 0 Å². The maximum atomic E-state index is 10.2. The lowest BCUT2D eigenvalue weighted by atomic mass is 9.68. The van der Waals surface area contributed by atoms with E-state index in [-0.39, 0.29) is 0 Å². The van der Waals surface area contributed by atoms with Gasteiger partial charge in [0.2, 0.25) is 0 Å². The van der Waals surface area contributed by atoms with Crippen molar-refractivity contribution in [2.75, 3.05) is 13.7 Å². The van der Waals surface area contributed by atoms with E-state index in [0.29, 0.717) is 12.0 Å². The fraction of sp³-hybridized carbons (Fsp3) is 1.00. The van der Waals surface area contributed by atoms with E-state index in [1.165, 1.54) is 38.5 Å². The molecule has 0 aromatic rings.